The number of aromatic nitrogens is 1. The third kappa shape index (κ3) is 3.17. The van der Waals surface area contributed by atoms with E-state index < -0.39 is 0 Å². The molecule has 178 valence electrons. The first kappa shape index (κ1) is 21.2. The standard InChI is InChI=1S/C36H24N2/c1-2-10-26-25(8-1)22-33(30-14-6-3-11-27(26)30)31-18-19-32(29-13-5-4-12-28(29)31)34-20-17-24-16-15-23-9-7-21-37-35(23)36(24)38-34/h1-22,34,38H. The van der Waals surface area contributed by atoms with E-state index in [9.17, 15) is 0 Å². The number of fused-ring (bicyclic) bond motifs is 7. The first-order valence-electron chi connectivity index (χ1n) is 13.1. The highest BCUT2D eigenvalue weighted by atomic mass is 14.9. The molecule has 1 atom stereocenters. The van der Waals surface area contributed by atoms with Crippen molar-refractivity contribution in [2.24, 2.45) is 0 Å². The van der Waals surface area contributed by atoms with Gasteiger partial charge in [0.25, 0.3) is 0 Å². The minimum atomic E-state index is 0.0578. The molecule has 1 aliphatic rings. The zero-order valence-corrected chi connectivity index (χ0v) is 20.7. The molecule has 2 heterocycles. The Balaban J connectivity index is 1.33. The van der Waals surface area contributed by atoms with Crippen LogP contribution in [0.2, 0.25) is 0 Å². The second kappa shape index (κ2) is 8.29. The average molecular weight is 485 g/mol. The van der Waals surface area contributed by atoms with Crippen LogP contribution < -0.4 is 5.32 Å². The molecule has 0 spiro atoms. The first-order valence-corrected chi connectivity index (χ1v) is 13.1. The number of benzene rings is 6. The SMILES string of the molecule is C1=CC(c2ccc(-c3cc4ccccc4c4ccccc34)c3ccccc23)Nc2c1ccc1cccnc21. The van der Waals surface area contributed by atoms with Crippen LogP contribution in [-0.4, -0.2) is 4.98 Å². The van der Waals surface area contributed by atoms with E-state index >= 15 is 0 Å². The van der Waals surface area contributed by atoms with E-state index in [1.165, 1.54) is 54.6 Å². The highest BCUT2D eigenvalue weighted by Crippen LogP contribution is 2.42. The number of hydrogen-bond donors (Lipinski definition) is 1. The Morgan fingerprint density at radius 3 is 2.13 bits per heavy atom. The molecule has 1 N–H and O–H groups in total. The molecule has 1 unspecified atom stereocenters. The summed E-state index contributed by atoms with van der Waals surface area (Å²) < 4.78 is 0. The largest absolute Gasteiger partial charge is 0.372 e. The number of hydrogen-bond acceptors (Lipinski definition) is 2. The molecular formula is C36H24N2. The van der Waals surface area contributed by atoms with Crippen LogP contribution in [0.15, 0.2) is 128 Å². The molecule has 1 aliphatic heterocycles. The lowest BCUT2D eigenvalue weighted by atomic mass is 9.87. The smallest absolute Gasteiger partial charge is 0.0939 e. The number of nitrogens with one attached hydrogen (secondary N) is 1. The predicted octanol–water partition coefficient (Wildman–Crippen LogP) is 9.54. The topological polar surface area (TPSA) is 24.9 Å². The Morgan fingerprint density at radius 1 is 0.553 bits per heavy atom. The van der Waals surface area contributed by atoms with Crippen LogP contribution in [0.5, 0.6) is 0 Å². The molecule has 8 rings (SSSR count). The summed E-state index contributed by atoms with van der Waals surface area (Å²) in [7, 11) is 0. The van der Waals surface area contributed by atoms with Crippen LogP contribution >= 0.6 is 0 Å². The van der Waals surface area contributed by atoms with Crippen molar-refractivity contribution in [1.29, 1.82) is 0 Å². The van der Waals surface area contributed by atoms with Gasteiger partial charge < -0.3 is 5.32 Å². The predicted molar refractivity (Wildman–Crippen MR) is 162 cm³/mol. The van der Waals surface area contributed by atoms with Gasteiger partial charge in [0.2, 0.25) is 0 Å². The van der Waals surface area contributed by atoms with Crippen molar-refractivity contribution in [3.8, 4) is 11.1 Å². The maximum absolute atomic E-state index is 4.70. The van der Waals surface area contributed by atoms with Crippen LogP contribution in [0.25, 0.3) is 60.4 Å². The first-order chi connectivity index (χ1) is 18.8. The Kier molecular flexibility index (Phi) is 4.62. The van der Waals surface area contributed by atoms with Gasteiger partial charge in [0.05, 0.1) is 17.2 Å². The molecule has 7 aromatic rings. The van der Waals surface area contributed by atoms with Crippen molar-refractivity contribution in [3.63, 3.8) is 0 Å². The number of rotatable bonds is 2. The van der Waals surface area contributed by atoms with Gasteiger partial charge in [-0.15, -0.1) is 0 Å². The summed E-state index contributed by atoms with van der Waals surface area (Å²) in [5, 5.41) is 12.6. The van der Waals surface area contributed by atoms with Gasteiger partial charge >= 0.3 is 0 Å². The Labute approximate surface area is 220 Å². The number of nitrogens with zero attached hydrogens (tertiary/aromatic N) is 1. The highest BCUT2D eigenvalue weighted by molar-refractivity contribution is 6.16. The quantitative estimate of drug-likeness (QED) is 0.247. The minimum absolute atomic E-state index is 0.0578. The van der Waals surface area contributed by atoms with Gasteiger partial charge in [0.15, 0.2) is 0 Å². The third-order valence-corrected chi connectivity index (χ3v) is 7.93. The summed E-state index contributed by atoms with van der Waals surface area (Å²) >= 11 is 0. The second-order valence-corrected chi connectivity index (χ2v) is 10.0. The van der Waals surface area contributed by atoms with Crippen LogP contribution in [0.1, 0.15) is 17.2 Å². The maximum atomic E-state index is 4.70. The lowest BCUT2D eigenvalue weighted by Gasteiger charge is -2.25. The minimum Gasteiger partial charge on any atom is -0.372 e. The summed E-state index contributed by atoms with van der Waals surface area (Å²) in [4.78, 5) is 4.70. The Morgan fingerprint density at radius 2 is 1.26 bits per heavy atom. The van der Waals surface area contributed by atoms with Crippen LogP contribution in [0.4, 0.5) is 5.69 Å². The van der Waals surface area contributed by atoms with Gasteiger partial charge in [-0.2, -0.15) is 0 Å². The number of anilines is 1. The fourth-order valence-electron chi connectivity index (χ4n) is 6.14. The zero-order chi connectivity index (χ0) is 25.1. The van der Waals surface area contributed by atoms with Gasteiger partial charge in [0, 0.05) is 11.6 Å². The summed E-state index contributed by atoms with van der Waals surface area (Å²) in [6.07, 6.45) is 6.36. The Bertz CT molecular complexity index is 2070. The summed E-state index contributed by atoms with van der Waals surface area (Å²) in [6, 6.07) is 41.7. The molecule has 0 aliphatic carbocycles. The maximum Gasteiger partial charge on any atom is 0.0939 e. The van der Waals surface area contributed by atoms with Crippen LogP contribution in [0, 0.1) is 0 Å². The van der Waals surface area contributed by atoms with Crippen molar-refractivity contribution in [1.82, 2.24) is 4.98 Å². The van der Waals surface area contributed by atoms with E-state index in [1.54, 1.807) is 0 Å². The van der Waals surface area contributed by atoms with Gasteiger partial charge in [-0.3, -0.25) is 4.98 Å². The fourth-order valence-corrected chi connectivity index (χ4v) is 6.14. The van der Waals surface area contributed by atoms with Crippen molar-refractivity contribution < 1.29 is 0 Å². The lowest BCUT2D eigenvalue weighted by molar-refractivity contribution is 0.993. The molecule has 38 heavy (non-hydrogen) atoms. The van der Waals surface area contributed by atoms with E-state index in [0.717, 1.165) is 16.6 Å². The average Bonchev–Trinajstić information content (AvgIpc) is 3.00. The van der Waals surface area contributed by atoms with E-state index in [0.29, 0.717) is 0 Å². The monoisotopic (exact) mass is 484 g/mol. The second-order valence-electron chi connectivity index (χ2n) is 10.0. The fraction of sp³-hybridized carbons (Fsp3) is 0.0278. The van der Waals surface area contributed by atoms with Crippen LogP contribution in [0.3, 0.4) is 0 Å². The van der Waals surface area contributed by atoms with Crippen molar-refractivity contribution in [3.05, 3.63) is 139 Å². The molecule has 0 saturated carbocycles. The molecule has 1 aromatic heterocycles. The van der Waals surface area contributed by atoms with Gasteiger partial charge in [-0.1, -0.05) is 115 Å². The van der Waals surface area contributed by atoms with E-state index in [1.807, 2.05) is 12.3 Å². The van der Waals surface area contributed by atoms with Crippen molar-refractivity contribution >= 4 is 55.0 Å². The van der Waals surface area contributed by atoms with E-state index in [2.05, 4.69) is 127 Å². The molecule has 2 nitrogen and oxygen atoms in total. The molecule has 0 amide bonds. The van der Waals surface area contributed by atoms with E-state index in [4.69, 9.17) is 4.98 Å². The summed E-state index contributed by atoms with van der Waals surface area (Å²) in [5.74, 6) is 0. The molecule has 0 saturated heterocycles. The normalized spacial score (nSPS) is 14.7. The summed E-state index contributed by atoms with van der Waals surface area (Å²) in [5.41, 5.74) is 7.10. The summed E-state index contributed by atoms with van der Waals surface area (Å²) in [6.45, 7) is 0. The zero-order valence-electron chi connectivity index (χ0n) is 20.7. The highest BCUT2D eigenvalue weighted by Gasteiger charge is 2.20. The van der Waals surface area contributed by atoms with Gasteiger partial charge in [-0.05, 0) is 66.7 Å². The Hall–Kier alpha value is -4.95. The molecule has 0 fully saturated rings. The molecule has 2 heteroatoms. The van der Waals surface area contributed by atoms with Crippen molar-refractivity contribution in [2.75, 3.05) is 5.32 Å². The van der Waals surface area contributed by atoms with Gasteiger partial charge in [0.1, 0.15) is 0 Å². The molecular weight excluding hydrogens is 460 g/mol. The molecule has 0 bridgehead atoms. The third-order valence-electron chi connectivity index (χ3n) is 7.93. The van der Waals surface area contributed by atoms with Crippen LogP contribution in [-0.2, 0) is 0 Å². The van der Waals surface area contributed by atoms with E-state index in [-0.39, 0.29) is 6.04 Å². The molecule has 6 aromatic carbocycles. The van der Waals surface area contributed by atoms with Gasteiger partial charge in [-0.25, -0.2) is 0 Å². The van der Waals surface area contributed by atoms with Crippen molar-refractivity contribution in [2.45, 2.75) is 6.04 Å². The molecule has 0 radical (unpaired) electrons. The number of pyridine rings is 1. The lowest BCUT2D eigenvalue weighted by Crippen LogP contribution is -2.13.